The van der Waals surface area contributed by atoms with Crippen molar-refractivity contribution in [3.63, 3.8) is 0 Å². The van der Waals surface area contributed by atoms with Crippen LogP contribution < -0.4 is 5.73 Å². The van der Waals surface area contributed by atoms with E-state index in [0.717, 1.165) is 15.5 Å². The highest BCUT2D eigenvalue weighted by Gasteiger charge is 2.27. The van der Waals surface area contributed by atoms with Crippen molar-refractivity contribution < 1.29 is 0 Å². The number of hydrogen-bond acceptors (Lipinski definition) is 2. The van der Waals surface area contributed by atoms with E-state index in [-0.39, 0.29) is 0 Å². The molecule has 0 amide bonds. The highest BCUT2D eigenvalue weighted by Crippen LogP contribution is 2.35. The van der Waals surface area contributed by atoms with E-state index in [1.165, 1.54) is 5.56 Å². The Balaban J connectivity index is 2.51. The molecule has 1 unspecified atom stereocenters. The van der Waals surface area contributed by atoms with E-state index in [9.17, 15) is 0 Å². The highest BCUT2D eigenvalue weighted by atomic mass is 35.5. The van der Waals surface area contributed by atoms with Crippen LogP contribution in [0.5, 0.6) is 0 Å². The van der Waals surface area contributed by atoms with E-state index in [1.807, 2.05) is 30.5 Å². The molecule has 0 radical (unpaired) electrons. The fourth-order valence-electron chi connectivity index (χ4n) is 1.76. The van der Waals surface area contributed by atoms with Gasteiger partial charge in [-0.1, -0.05) is 41.4 Å². The van der Waals surface area contributed by atoms with Crippen molar-refractivity contribution in [3.8, 4) is 0 Å². The van der Waals surface area contributed by atoms with Gasteiger partial charge in [0.1, 0.15) is 0 Å². The van der Waals surface area contributed by atoms with Gasteiger partial charge in [0.2, 0.25) is 0 Å². The summed E-state index contributed by atoms with van der Waals surface area (Å²) < 4.78 is 0. The second-order valence-electron chi connectivity index (χ2n) is 4.17. The van der Waals surface area contributed by atoms with Crippen LogP contribution in [0.25, 0.3) is 0 Å². The van der Waals surface area contributed by atoms with Crippen molar-refractivity contribution in [2.75, 3.05) is 0 Å². The maximum absolute atomic E-state index is 6.40. The first-order chi connectivity index (χ1) is 7.51. The lowest BCUT2D eigenvalue weighted by atomic mass is 9.90. The number of hydrogen-bond donors (Lipinski definition) is 1. The maximum Gasteiger partial charge on any atom is 0.0745 e. The second-order valence-corrected chi connectivity index (χ2v) is 5.49. The molecule has 0 aliphatic rings. The van der Waals surface area contributed by atoms with Crippen molar-refractivity contribution in [2.24, 2.45) is 5.73 Å². The molecule has 3 heteroatoms. The van der Waals surface area contributed by atoms with Crippen molar-refractivity contribution in [3.05, 3.63) is 56.7 Å². The summed E-state index contributed by atoms with van der Waals surface area (Å²) in [4.78, 5) is 1.01. The Labute approximate surface area is 105 Å². The number of halogens is 1. The molecular weight excluding hydrogens is 238 g/mol. The van der Waals surface area contributed by atoms with Gasteiger partial charge >= 0.3 is 0 Å². The van der Waals surface area contributed by atoms with Gasteiger partial charge in [0.25, 0.3) is 0 Å². The predicted octanol–water partition coefficient (Wildman–Crippen LogP) is 3.93. The summed E-state index contributed by atoms with van der Waals surface area (Å²) >= 11 is 7.74. The quantitative estimate of drug-likeness (QED) is 0.860. The van der Waals surface area contributed by atoms with Gasteiger partial charge in [-0.25, -0.2) is 0 Å². The van der Waals surface area contributed by atoms with Crippen LogP contribution in [-0.2, 0) is 5.54 Å². The lowest BCUT2D eigenvalue weighted by Gasteiger charge is -2.25. The van der Waals surface area contributed by atoms with Crippen LogP contribution in [0.1, 0.15) is 22.9 Å². The van der Waals surface area contributed by atoms with Crippen LogP contribution in [0.4, 0.5) is 0 Å². The Morgan fingerprint density at radius 3 is 2.62 bits per heavy atom. The van der Waals surface area contributed by atoms with E-state index in [2.05, 4.69) is 19.1 Å². The molecule has 0 saturated heterocycles. The third-order valence-corrected chi connectivity index (χ3v) is 4.29. The van der Waals surface area contributed by atoms with Crippen LogP contribution >= 0.6 is 22.9 Å². The Morgan fingerprint density at radius 1 is 1.31 bits per heavy atom. The van der Waals surface area contributed by atoms with Gasteiger partial charge in [-0.3, -0.25) is 0 Å². The lowest BCUT2D eigenvalue weighted by Crippen LogP contribution is -2.33. The normalized spacial score (nSPS) is 14.8. The summed E-state index contributed by atoms with van der Waals surface area (Å²) in [6.45, 7) is 4.06. The van der Waals surface area contributed by atoms with Crippen LogP contribution in [0.15, 0.2) is 35.7 Å². The summed E-state index contributed by atoms with van der Waals surface area (Å²) in [6, 6.07) is 10.1. The number of thiophene rings is 1. The van der Waals surface area contributed by atoms with E-state index >= 15 is 0 Å². The van der Waals surface area contributed by atoms with E-state index < -0.39 is 5.54 Å². The number of nitrogens with two attached hydrogens (primary N) is 1. The fourth-order valence-corrected chi connectivity index (χ4v) is 3.11. The zero-order valence-corrected chi connectivity index (χ0v) is 10.9. The standard InChI is InChI=1S/C13H14ClNS/c1-9-4-3-5-10(8-9)13(2,15)12-11(14)6-7-16-12/h3-8H,15H2,1-2H3. The molecule has 2 aromatic rings. The van der Waals surface area contributed by atoms with Gasteiger partial charge in [-0.05, 0) is 30.9 Å². The summed E-state index contributed by atoms with van der Waals surface area (Å²) in [5.41, 5.74) is 8.19. The largest absolute Gasteiger partial charge is 0.317 e. The molecule has 2 N–H and O–H groups in total. The van der Waals surface area contributed by atoms with Crippen molar-refractivity contribution >= 4 is 22.9 Å². The van der Waals surface area contributed by atoms with Crippen LogP contribution in [0, 0.1) is 6.92 Å². The molecule has 1 nitrogen and oxygen atoms in total. The first-order valence-electron chi connectivity index (χ1n) is 5.11. The van der Waals surface area contributed by atoms with Crippen molar-refractivity contribution in [1.82, 2.24) is 0 Å². The number of rotatable bonds is 2. The maximum atomic E-state index is 6.40. The molecule has 84 valence electrons. The van der Waals surface area contributed by atoms with Gasteiger partial charge in [-0.2, -0.15) is 0 Å². The van der Waals surface area contributed by atoms with Crippen molar-refractivity contribution in [2.45, 2.75) is 19.4 Å². The van der Waals surface area contributed by atoms with E-state index in [1.54, 1.807) is 11.3 Å². The van der Waals surface area contributed by atoms with Crippen molar-refractivity contribution in [1.29, 1.82) is 0 Å². The smallest absolute Gasteiger partial charge is 0.0745 e. The second kappa shape index (κ2) is 4.21. The van der Waals surface area contributed by atoms with E-state index in [4.69, 9.17) is 17.3 Å². The monoisotopic (exact) mass is 251 g/mol. The van der Waals surface area contributed by atoms with E-state index in [0.29, 0.717) is 0 Å². The lowest BCUT2D eigenvalue weighted by molar-refractivity contribution is 0.616. The topological polar surface area (TPSA) is 26.0 Å². The van der Waals surface area contributed by atoms with Gasteiger partial charge in [-0.15, -0.1) is 11.3 Å². The zero-order chi connectivity index (χ0) is 11.8. The number of benzene rings is 1. The average molecular weight is 252 g/mol. The third kappa shape index (κ3) is 2.01. The Kier molecular flexibility index (Phi) is 3.06. The molecule has 0 aliphatic carbocycles. The van der Waals surface area contributed by atoms with Gasteiger partial charge in [0.15, 0.2) is 0 Å². The van der Waals surface area contributed by atoms with Gasteiger partial charge in [0.05, 0.1) is 10.6 Å². The molecule has 0 fully saturated rings. The van der Waals surface area contributed by atoms with Gasteiger partial charge in [0, 0.05) is 4.88 Å². The number of aryl methyl sites for hydroxylation is 1. The molecule has 0 spiro atoms. The molecule has 0 bridgehead atoms. The molecule has 16 heavy (non-hydrogen) atoms. The summed E-state index contributed by atoms with van der Waals surface area (Å²) in [5, 5.41) is 2.72. The third-order valence-electron chi connectivity index (χ3n) is 2.71. The van der Waals surface area contributed by atoms with Gasteiger partial charge < -0.3 is 5.73 Å². The zero-order valence-electron chi connectivity index (χ0n) is 9.33. The predicted molar refractivity (Wildman–Crippen MR) is 71.1 cm³/mol. The summed E-state index contributed by atoms with van der Waals surface area (Å²) in [5.74, 6) is 0. The summed E-state index contributed by atoms with van der Waals surface area (Å²) in [6.07, 6.45) is 0. The van der Waals surface area contributed by atoms with Crippen LogP contribution in [0.2, 0.25) is 5.02 Å². The van der Waals surface area contributed by atoms with Crippen LogP contribution in [-0.4, -0.2) is 0 Å². The first kappa shape index (κ1) is 11.6. The molecule has 1 aromatic heterocycles. The first-order valence-corrected chi connectivity index (χ1v) is 6.37. The SMILES string of the molecule is Cc1cccc(C(C)(N)c2sccc2Cl)c1. The minimum Gasteiger partial charge on any atom is -0.317 e. The molecule has 0 saturated carbocycles. The Bertz CT molecular complexity index is 502. The molecule has 2 rings (SSSR count). The average Bonchev–Trinajstić information content (AvgIpc) is 2.65. The fraction of sp³-hybridized carbons (Fsp3) is 0.231. The Hall–Kier alpha value is -0.830. The Morgan fingerprint density at radius 2 is 2.06 bits per heavy atom. The molecular formula is C13H14ClNS. The molecule has 1 heterocycles. The minimum atomic E-state index is -0.517. The molecule has 0 aliphatic heterocycles. The summed E-state index contributed by atoms with van der Waals surface area (Å²) in [7, 11) is 0. The highest BCUT2D eigenvalue weighted by molar-refractivity contribution is 7.10. The van der Waals surface area contributed by atoms with Crippen LogP contribution in [0.3, 0.4) is 0 Å². The molecule has 1 atom stereocenters. The minimum absolute atomic E-state index is 0.517. The molecule has 1 aromatic carbocycles.